The van der Waals surface area contributed by atoms with Gasteiger partial charge in [-0.3, -0.25) is 5.10 Å². The zero-order valence-electron chi connectivity index (χ0n) is 14.1. The first kappa shape index (κ1) is 15.8. The SMILES string of the molecule is CN(Cc1cc(-c2ccccc2)n[nH]1)c1cc(C2CC(O)C2)ncn1. The third-order valence-corrected chi connectivity index (χ3v) is 4.70. The van der Waals surface area contributed by atoms with Crippen molar-refractivity contribution in [2.75, 3.05) is 11.9 Å². The Morgan fingerprint density at radius 2 is 1.96 bits per heavy atom. The van der Waals surface area contributed by atoms with E-state index in [0.717, 1.165) is 41.3 Å². The molecule has 0 atom stereocenters. The smallest absolute Gasteiger partial charge is 0.132 e. The van der Waals surface area contributed by atoms with Crippen molar-refractivity contribution in [1.82, 2.24) is 20.2 Å². The maximum atomic E-state index is 9.48. The van der Waals surface area contributed by atoms with Crippen molar-refractivity contribution in [3.8, 4) is 11.3 Å². The summed E-state index contributed by atoms with van der Waals surface area (Å²) in [5.74, 6) is 1.23. The van der Waals surface area contributed by atoms with Crippen molar-refractivity contribution in [3.63, 3.8) is 0 Å². The maximum Gasteiger partial charge on any atom is 0.132 e. The van der Waals surface area contributed by atoms with Crippen LogP contribution in [0.3, 0.4) is 0 Å². The summed E-state index contributed by atoms with van der Waals surface area (Å²) in [6.45, 7) is 0.684. The van der Waals surface area contributed by atoms with Crippen molar-refractivity contribution >= 4 is 5.82 Å². The first-order valence-electron chi connectivity index (χ1n) is 8.50. The summed E-state index contributed by atoms with van der Waals surface area (Å²) in [6.07, 6.45) is 3.01. The molecule has 1 saturated carbocycles. The standard InChI is InChI=1S/C19H21N5O/c1-24(19-10-17(20-12-21-19)14-7-16(25)8-14)11-15-9-18(23-22-15)13-5-3-2-4-6-13/h2-6,9-10,12,14,16,25H,7-8,11H2,1H3,(H,22,23). The Balaban J connectivity index is 1.46. The molecule has 0 unspecified atom stereocenters. The number of hydrogen-bond acceptors (Lipinski definition) is 5. The van der Waals surface area contributed by atoms with Crippen molar-refractivity contribution in [2.45, 2.75) is 31.4 Å². The molecule has 2 N–H and O–H groups in total. The van der Waals surface area contributed by atoms with Crippen LogP contribution in [0.2, 0.25) is 0 Å². The Morgan fingerprint density at radius 3 is 2.72 bits per heavy atom. The molecule has 3 aromatic rings. The van der Waals surface area contributed by atoms with Crippen LogP contribution in [0.5, 0.6) is 0 Å². The predicted molar refractivity (Wildman–Crippen MR) is 96.1 cm³/mol. The first-order chi connectivity index (χ1) is 12.2. The molecule has 0 amide bonds. The van der Waals surface area contributed by atoms with E-state index in [4.69, 9.17) is 0 Å². The van der Waals surface area contributed by atoms with Gasteiger partial charge in [0.2, 0.25) is 0 Å². The number of nitrogens with one attached hydrogen (secondary N) is 1. The molecule has 0 bridgehead atoms. The van der Waals surface area contributed by atoms with Gasteiger partial charge >= 0.3 is 0 Å². The highest BCUT2D eigenvalue weighted by molar-refractivity contribution is 5.59. The second-order valence-corrected chi connectivity index (χ2v) is 6.62. The molecule has 0 aliphatic heterocycles. The molecule has 1 fully saturated rings. The number of anilines is 1. The molecule has 1 aliphatic carbocycles. The average molecular weight is 335 g/mol. The second kappa shape index (κ2) is 6.64. The van der Waals surface area contributed by atoms with Crippen LogP contribution in [0.1, 0.15) is 30.1 Å². The zero-order valence-corrected chi connectivity index (χ0v) is 14.1. The van der Waals surface area contributed by atoms with Crippen LogP contribution in [0, 0.1) is 0 Å². The Labute approximate surface area is 146 Å². The molecule has 4 rings (SSSR count). The monoisotopic (exact) mass is 335 g/mol. The summed E-state index contributed by atoms with van der Waals surface area (Å²) >= 11 is 0. The molecule has 6 nitrogen and oxygen atoms in total. The summed E-state index contributed by atoms with van der Waals surface area (Å²) in [7, 11) is 2.00. The number of aliphatic hydroxyl groups excluding tert-OH is 1. The zero-order chi connectivity index (χ0) is 17.2. The minimum atomic E-state index is -0.178. The fraction of sp³-hybridized carbons (Fsp3) is 0.316. The van der Waals surface area contributed by atoms with Crippen LogP contribution in [0.15, 0.2) is 48.8 Å². The highest BCUT2D eigenvalue weighted by atomic mass is 16.3. The summed E-state index contributed by atoms with van der Waals surface area (Å²) in [5.41, 5.74) is 4.08. The molecule has 2 aromatic heterocycles. The molecule has 2 heterocycles. The topological polar surface area (TPSA) is 77.9 Å². The fourth-order valence-electron chi connectivity index (χ4n) is 3.16. The van der Waals surface area contributed by atoms with E-state index in [1.165, 1.54) is 0 Å². The Morgan fingerprint density at radius 1 is 1.16 bits per heavy atom. The molecular formula is C19H21N5O. The van der Waals surface area contributed by atoms with Crippen molar-refractivity contribution in [1.29, 1.82) is 0 Å². The van der Waals surface area contributed by atoms with E-state index in [1.54, 1.807) is 6.33 Å². The highest BCUT2D eigenvalue weighted by Gasteiger charge is 2.29. The number of nitrogens with zero attached hydrogens (tertiary/aromatic N) is 4. The number of aliphatic hydroxyl groups is 1. The van der Waals surface area contributed by atoms with Crippen LogP contribution in [0.25, 0.3) is 11.3 Å². The van der Waals surface area contributed by atoms with Gasteiger partial charge in [-0.1, -0.05) is 30.3 Å². The molecule has 128 valence electrons. The first-order valence-corrected chi connectivity index (χ1v) is 8.50. The number of benzene rings is 1. The third kappa shape index (κ3) is 3.39. The largest absolute Gasteiger partial charge is 0.393 e. The number of rotatable bonds is 5. The number of aromatic nitrogens is 4. The molecule has 0 spiro atoms. The van der Waals surface area contributed by atoms with E-state index in [9.17, 15) is 5.11 Å². The highest BCUT2D eigenvalue weighted by Crippen LogP contribution is 2.36. The van der Waals surface area contributed by atoms with E-state index >= 15 is 0 Å². The maximum absolute atomic E-state index is 9.48. The lowest BCUT2D eigenvalue weighted by Gasteiger charge is -2.31. The lowest BCUT2D eigenvalue weighted by molar-refractivity contribution is 0.0732. The van der Waals surface area contributed by atoms with Gasteiger partial charge in [0.1, 0.15) is 12.1 Å². The minimum Gasteiger partial charge on any atom is -0.393 e. The Bertz CT molecular complexity index is 842. The van der Waals surface area contributed by atoms with Gasteiger partial charge in [0.15, 0.2) is 0 Å². The van der Waals surface area contributed by atoms with Crippen LogP contribution in [-0.2, 0) is 6.54 Å². The van der Waals surface area contributed by atoms with Gasteiger partial charge in [-0.15, -0.1) is 0 Å². The molecular weight excluding hydrogens is 314 g/mol. The van der Waals surface area contributed by atoms with Crippen molar-refractivity contribution < 1.29 is 5.11 Å². The summed E-state index contributed by atoms with van der Waals surface area (Å²) in [4.78, 5) is 10.8. The summed E-state index contributed by atoms with van der Waals surface area (Å²) < 4.78 is 0. The van der Waals surface area contributed by atoms with Gasteiger partial charge in [-0.2, -0.15) is 5.10 Å². The van der Waals surface area contributed by atoms with Crippen molar-refractivity contribution in [3.05, 3.63) is 60.2 Å². The lowest BCUT2D eigenvalue weighted by Crippen LogP contribution is -2.27. The Kier molecular flexibility index (Phi) is 4.19. The molecule has 1 aliphatic rings. The fourth-order valence-corrected chi connectivity index (χ4v) is 3.16. The molecule has 25 heavy (non-hydrogen) atoms. The number of hydrogen-bond donors (Lipinski definition) is 2. The molecule has 1 aromatic carbocycles. The van der Waals surface area contributed by atoms with E-state index in [2.05, 4.69) is 31.1 Å². The van der Waals surface area contributed by atoms with Crippen molar-refractivity contribution in [2.24, 2.45) is 0 Å². The lowest BCUT2D eigenvalue weighted by atomic mass is 9.80. The summed E-state index contributed by atoms with van der Waals surface area (Å²) in [5, 5.41) is 17.0. The van der Waals surface area contributed by atoms with Crippen LogP contribution < -0.4 is 4.90 Å². The Hall–Kier alpha value is -2.73. The normalized spacial score (nSPS) is 19.4. The second-order valence-electron chi connectivity index (χ2n) is 6.62. The predicted octanol–water partition coefficient (Wildman–Crippen LogP) is 2.74. The molecule has 0 saturated heterocycles. The quantitative estimate of drug-likeness (QED) is 0.749. The average Bonchev–Trinajstić information content (AvgIpc) is 3.08. The van der Waals surface area contributed by atoms with E-state index < -0.39 is 0 Å². The van der Waals surface area contributed by atoms with Gasteiger partial charge in [0.05, 0.1) is 24.0 Å². The van der Waals surface area contributed by atoms with Crippen LogP contribution in [0.4, 0.5) is 5.82 Å². The van der Waals surface area contributed by atoms with Gasteiger partial charge in [0, 0.05) is 30.3 Å². The third-order valence-electron chi connectivity index (χ3n) is 4.70. The molecule has 6 heteroatoms. The van der Waals surface area contributed by atoms with Gasteiger partial charge < -0.3 is 10.0 Å². The number of H-pyrrole nitrogens is 1. The molecule has 0 radical (unpaired) electrons. The van der Waals surface area contributed by atoms with Crippen LogP contribution in [-0.4, -0.2) is 38.4 Å². The van der Waals surface area contributed by atoms with E-state index in [-0.39, 0.29) is 6.10 Å². The van der Waals surface area contributed by atoms with Crippen LogP contribution >= 0.6 is 0 Å². The minimum absolute atomic E-state index is 0.178. The summed E-state index contributed by atoms with van der Waals surface area (Å²) in [6, 6.07) is 14.2. The number of aromatic amines is 1. The van der Waals surface area contributed by atoms with E-state index in [0.29, 0.717) is 12.5 Å². The van der Waals surface area contributed by atoms with E-state index in [1.807, 2.05) is 43.4 Å². The van der Waals surface area contributed by atoms with Gasteiger partial charge in [-0.05, 0) is 18.9 Å². The van der Waals surface area contributed by atoms with Gasteiger partial charge in [-0.25, -0.2) is 9.97 Å². The van der Waals surface area contributed by atoms with Gasteiger partial charge in [0.25, 0.3) is 0 Å².